The van der Waals surface area contributed by atoms with Gasteiger partial charge in [-0.2, -0.15) is 0 Å². The van der Waals surface area contributed by atoms with E-state index in [1.807, 2.05) is 0 Å². The third-order valence-corrected chi connectivity index (χ3v) is 2.85. The van der Waals surface area contributed by atoms with Crippen LogP contribution in [0.15, 0.2) is 4.99 Å². The summed E-state index contributed by atoms with van der Waals surface area (Å²) in [6.07, 6.45) is 2.36. The van der Waals surface area contributed by atoms with Gasteiger partial charge in [0.25, 0.3) is 0 Å². The maximum atomic E-state index is 5.91. The highest BCUT2D eigenvalue weighted by atomic mass is 15.3. The van der Waals surface area contributed by atoms with Crippen LogP contribution in [0.1, 0.15) is 40.5 Å². The fourth-order valence-corrected chi connectivity index (χ4v) is 2.13. The molecule has 0 saturated carbocycles. The van der Waals surface area contributed by atoms with E-state index in [9.17, 15) is 0 Å². The number of guanidine groups is 1. The Balaban J connectivity index is 2.70. The Morgan fingerprint density at radius 2 is 2.21 bits per heavy atom. The van der Waals surface area contributed by atoms with Crippen LogP contribution in [0.4, 0.5) is 0 Å². The highest BCUT2D eigenvalue weighted by Crippen LogP contribution is 2.27. The Morgan fingerprint density at radius 3 is 2.71 bits per heavy atom. The highest BCUT2D eigenvalue weighted by Gasteiger charge is 2.36. The van der Waals surface area contributed by atoms with Crippen LogP contribution in [-0.2, 0) is 0 Å². The van der Waals surface area contributed by atoms with Gasteiger partial charge in [0.1, 0.15) is 0 Å². The molecule has 0 aromatic carbocycles. The lowest BCUT2D eigenvalue weighted by molar-refractivity contribution is 0.188. The van der Waals surface area contributed by atoms with Gasteiger partial charge in [0.2, 0.25) is 0 Å². The summed E-state index contributed by atoms with van der Waals surface area (Å²) < 4.78 is 0. The molecule has 0 aromatic rings. The smallest absolute Gasteiger partial charge is 0.191 e. The van der Waals surface area contributed by atoms with Crippen LogP contribution in [0, 0.1) is 5.92 Å². The van der Waals surface area contributed by atoms with Gasteiger partial charge in [-0.05, 0) is 19.3 Å². The lowest BCUT2D eigenvalue weighted by atomic mass is 9.94. The summed E-state index contributed by atoms with van der Waals surface area (Å²) in [6.45, 7) is 10.8. The van der Waals surface area contributed by atoms with E-state index in [4.69, 9.17) is 5.73 Å². The van der Waals surface area contributed by atoms with Crippen molar-refractivity contribution in [2.24, 2.45) is 16.6 Å². The van der Waals surface area contributed by atoms with Gasteiger partial charge >= 0.3 is 0 Å². The van der Waals surface area contributed by atoms with Crippen LogP contribution in [0.5, 0.6) is 0 Å². The molecule has 0 bridgehead atoms. The van der Waals surface area contributed by atoms with E-state index >= 15 is 0 Å². The van der Waals surface area contributed by atoms with Crippen molar-refractivity contribution in [3.05, 3.63) is 0 Å². The van der Waals surface area contributed by atoms with Crippen molar-refractivity contribution in [2.75, 3.05) is 13.1 Å². The molecule has 0 amide bonds. The maximum Gasteiger partial charge on any atom is 0.191 e. The zero-order chi connectivity index (χ0) is 10.8. The van der Waals surface area contributed by atoms with Gasteiger partial charge in [-0.25, -0.2) is 0 Å². The first-order chi connectivity index (χ1) is 6.49. The fourth-order valence-electron chi connectivity index (χ4n) is 2.13. The zero-order valence-electron chi connectivity index (χ0n) is 9.88. The molecule has 1 unspecified atom stereocenters. The molecule has 0 spiro atoms. The number of aliphatic imine (C=N–C) groups is 1. The molecule has 0 fully saturated rings. The van der Waals surface area contributed by atoms with Gasteiger partial charge in [0.05, 0.1) is 12.1 Å². The second-order valence-corrected chi connectivity index (χ2v) is 4.93. The van der Waals surface area contributed by atoms with Crippen LogP contribution < -0.4 is 5.73 Å². The van der Waals surface area contributed by atoms with E-state index < -0.39 is 0 Å². The van der Waals surface area contributed by atoms with Crippen LogP contribution in [0.2, 0.25) is 0 Å². The van der Waals surface area contributed by atoms with Crippen LogP contribution in [-0.4, -0.2) is 29.5 Å². The topological polar surface area (TPSA) is 41.6 Å². The minimum Gasteiger partial charge on any atom is -0.370 e. The van der Waals surface area contributed by atoms with Crippen molar-refractivity contribution >= 4 is 5.96 Å². The van der Waals surface area contributed by atoms with Crippen LogP contribution in [0.25, 0.3) is 0 Å². The van der Waals surface area contributed by atoms with Gasteiger partial charge in [0.15, 0.2) is 5.96 Å². The van der Waals surface area contributed by atoms with Crippen molar-refractivity contribution in [2.45, 2.75) is 46.1 Å². The Labute approximate surface area is 87.4 Å². The molecule has 1 atom stereocenters. The summed E-state index contributed by atoms with van der Waals surface area (Å²) in [7, 11) is 0. The molecule has 2 N–H and O–H groups in total. The molecule has 0 aliphatic carbocycles. The molecule has 82 valence electrons. The van der Waals surface area contributed by atoms with Crippen LogP contribution in [0.3, 0.4) is 0 Å². The Bertz CT molecular complexity index is 223. The average Bonchev–Trinajstić information content (AvgIpc) is 2.33. The normalized spacial score (nSPS) is 27.2. The summed E-state index contributed by atoms with van der Waals surface area (Å²) in [6, 6.07) is 0. The SMILES string of the molecule is CCCC1(C)CN=C(N)N1CC(C)C. The molecule has 1 heterocycles. The van der Waals surface area contributed by atoms with Gasteiger partial charge in [-0.15, -0.1) is 0 Å². The quantitative estimate of drug-likeness (QED) is 0.747. The van der Waals surface area contributed by atoms with Crippen LogP contribution >= 0.6 is 0 Å². The maximum absolute atomic E-state index is 5.91. The first-order valence-corrected chi connectivity index (χ1v) is 5.57. The minimum atomic E-state index is 0.170. The summed E-state index contributed by atoms with van der Waals surface area (Å²) in [5.41, 5.74) is 6.08. The van der Waals surface area contributed by atoms with Gasteiger partial charge in [-0.3, -0.25) is 4.99 Å². The molecule has 1 rings (SSSR count). The summed E-state index contributed by atoms with van der Waals surface area (Å²) in [5, 5.41) is 0. The first-order valence-electron chi connectivity index (χ1n) is 5.57. The fraction of sp³-hybridized carbons (Fsp3) is 0.909. The van der Waals surface area contributed by atoms with Crippen molar-refractivity contribution in [1.82, 2.24) is 4.90 Å². The average molecular weight is 197 g/mol. The summed E-state index contributed by atoms with van der Waals surface area (Å²) >= 11 is 0. The van der Waals surface area contributed by atoms with E-state index in [1.54, 1.807) is 0 Å². The second-order valence-electron chi connectivity index (χ2n) is 4.93. The zero-order valence-corrected chi connectivity index (χ0v) is 9.88. The monoisotopic (exact) mass is 197 g/mol. The first kappa shape index (κ1) is 11.3. The van der Waals surface area contributed by atoms with Gasteiger partial charge in [-0.1, -0.05) is 27.2 Å². The van der Waals surface area contributed by atoms with E-state index in [0.717, 1.165) is 19.0 Å². The number of nitrogens with zero attached hydrogens (tertiary/aromatic N) is 2. The van der Waals surface area contributed by atoms with Gasteiger partial charge in [0, 0.05) is 6.54 Å². The molecular weight excluding hydrogens is 174 g/mol. The predicted octanol–water partition coefficient (Wildman–Crippen LogP) is 1.83. The molecular formula is C11H23N3. The third-order valence-electron chi connectivity index (χ3n) is 2.85. The van der Waals surface area contributed by atoms with Crippen molar-refractivity contribution < 1.29 is 0 Å². The molecule has 3 heteroatoms. The molecule has 0 aromatic heterocycles. The molecule has 0 saturated heterocycles. The lowest BCUT2D eigenvalue weighted by Gasteiger charge is -2.37. The number of hydrogen-bond acceptors (Lipinski definition) is 3. The van der Waals surface area contributed by atoms with Crippen molar-refractivity contribution in [3.8, 4) is 0 Å². The molecule has 0 radical (unpaired) electrons. The summed E-state index contributed by atoms with van der Waals surface area (Å²) in [5.74, 6) is 1.37. The van der Waals surface area contributed by atoms with Crippen molar-refractivity contribution in [1.29, 1.82) is 0 Å². The lowest BCUT2D eigenvalue weighted by Crippen LogP contribution is -2.50. The standard InChI is InChI=1S/C11H23N3/c1-5-6-11(4)8-13-10(12)14(11)7-9(2)3/h9H,5-8H2,1-4H3,(H2,12,13). The van der Waals surface area contributed by atoms with Gasteiger partial charge < -0.3 is 10.6 Å². The molecule has 1 aliphatic rings. The Morgan fingerprint density at radius 1 is 1.57 bits per heavy atom. The number of rotatable bonds is 4. The number of hydrogen-bond donors (Lipinski definition) is 1. The number of nitrogens with two attached hydrogens (primary N) is 1. The van der Waals surface area contributed by atoms with Crippen molar-refractivity contribution in [3.63, 3.8) is 0 Å². The third kappa shape index (κ3) is 2.20. The molecule has 14 heavy (non-hydrogen) atoms. The predicted molar refractivity (Wildman–Crippen MR) is 61.3 cm³/mol. The largest absolute Gasteiger partial charge is 0.370 e. The van der Waals surface area contributed by atoms with E-state index in [0.29, 0.717) is 5.92 Å². The second kappa shape index (κ2) is 4.20. The van der Waals surface area contributed by atoms with E-state index in [-0.39, 0.29) is 5.54 Å². The molecule has 3 nitrogen and oxygen atoms in total. The molecule has 1 aliphatic heterocycles. The highest BCUT2D eigenvalue weighted by molar-refractivity contribution is 5.80. The Hall–Kier alpha value is -0.730. The van der Waals surface area contributed by atoms with E-state index in [2.05, 4.69) is 37.6 Å². The Kier molecular flexibility index (Phi) is 3.40. The summed E-state index contributed by atoms with van der Waals surface area (Å²) in [4.78, 5) is 6.64. The minimum absolute atomic E-state index is 0.170. The van der Waals surface area contributed by atoms with E-state index in [1.165, 1.54) is 12.8 Å².